The second-order valence-corrected chi connectivity index (χ2v) is 6.79. The van der Waals surface area contributed by atoms with E-state index in [0.717, 1.165) is 25.9 Å². The van der Waals surface area contributed by atoms with E-state index in [9.17, 15) is 14.0 Å². The third-order valence-electron chi connectivity index (χ3n) is 4.60. The minimum atomic E-state index is -0.310. The molecule has 0 saturated carbocycles. The van der Waals surface area contributed by atoms with Gasteiger partial charge in [0, 0.05) is 38.2 Å². The number of carbonyl (C=O) groups is 3. The molecule has 2 aromatic rings. The lowest BCUT2D eigenvalue weighted by molar-refractivity contribution is -0.130. The fourth-order valence-electron chi connectivity index (χ4n) is 3.07. The zero-order valence-corrected chi connectivity index (χ0v) is 17.4. The van der Waals surface area contributed by atoms with Crippen molar-refractivity contribution >= 4 is 18.6 Å². The van der Waals surface area contributed by atoms with E-state index in [1.54, 1.807) is 37.4 Å². The van der Waals surface area contributed by atoms with Crippen molar-refractivity contribution in [1.82, 2.24) is 10.2 Å². The van der Waals surface area contributed by atoms with Crippen LogP contribution >= 0.6 is 0 Å². The van der Waals surface area contributed by atoms with Gasteiger partial charge < -0.3 is 20.7 Å². The van der Waals surface area contributed by atoms with Crippen LogP contribution in [0.5, 0.6) is 0 Å². The molecule has 1 heterocycles. The molecule has 162 valence electrons. The molecule has 1 unspecified atom stereocenters. The predicted molar refractivity (Wildman–Crippen MR) is 115 cm³/mol. The van der Waals surface area contributed by atoms with E-state index in [1.165, 1.54) is 6.07 Å². The zero-order valence-electron chi connectivity index (χ0n) is 17.4. The van der Waals surface area contributed by atoms with Crippen molar-refractivity contribution in [3.05, 3.63) is 71.5 Å². The van der Waals surface area contributed by atoms with E-state index in [-0.39, 0.29) is 23.7 Å². The fraction of sp³-hybridized carbons (Fsp3) is 0.348. The van der Waals surface area contributed by atoms with Crippen LogP contribution in [0.25, 0.3) is 0 Å². The first-order valence-electron chi connectivity index (χ1n) is 9.84. The quantitative estimate of drug-likeness (QED) is 0.785. The molecule has 3 rings (SSSR count). The molecule has 7 heteroatoms. The molecule has 2 aromatic carbocycles. The minimum absolute atomic E-state index is 0.0411. The Morgan fingerprint density at radius 2 is 1.63 bits per heavy atom. The molecule has 6 nitrogen and oxygen atoms in total. The number of rotatable bonds is 5. The summed E-state index contributed by atoms with van der Waals surface area (Å²) in [5.41, 5.74) is 7.21. The smallest absolute Gasteiger partial charge is 0.251 e. The molecule has 0 radical (unpaired) electrons. The summed E-state index contributed by atoms with van der Waals surface area (Å²) < 4.78 is 13.4. The van der Waals surface area contributed by atoms with Crippen LogP contribution in [0.1, 0.15) is 35.2 Å². The first-order chi connectivity index (χ1) is 14.5. The molecule has 1 aliphatic heterocycles. The van der Waals surface area contributed by atoms with E-state index in [4.69, 9.17) is 10.5 Å². The van der Waals surface area contributed by atoms with E-state index >= 15 is 0 Å². The molecule has 0 aromatic heterocycles. The van der Waals surface area contributed by atoms with Gasteiger partial charge in [-0.25, -0.2) is 4.39 Å². The highest BCUT2D eigenvalue weighted by molar-refractivity contribution is 5.93. The molecule has 1 atom stereocenters. The average Bonchev–Trinajstić information content (AvgIpc) is 3.32. The highest BCUT2D eigenvalue weighted by atomic mass is 19.1. The highest BCUT2D eigenvalue weighted by Gasteiger charge is 2.20. The number of carbonyl (C=O) groups excluding carboxylic acids is 3. The van der Waals surface area contributed by atoms with Gasteiger partial charge in [0.25, 0.3) is 5.91 Å². The molecule has 2 amide bonds. The maximum atomic E-state index is 13.4. The van der Waals surface area contributed by atoms with Crippen LogP contribution in [0, 0.1) is 5.82 Å². The molecule has 1 aliphatic rings. The summed E-state index contributed by atoms with van der Waals surface area (Å²) in [4.78, 5) is 32.6. The van der Waals surface area contributed by atoms with Gasteiger partial charge in [0.15, 0.2) is 0 Å². The van der Waals surface area contributed by atoms with Crippen LogP contribution in [0.2, 0.25) is 0 Å². The standard InChI is InChI=1S/C14H19FN2O.C8H9NO.CH2O/c15-13-6-2-1-5-11(13)9-12(16)10-14(18)17-7-3-4-8-17;1-9-8(10)7-5-3-2-4-6-7;1-2/h1-2,5-6,12H,3-4,7-10,16H2;2-6H,1H3,(H,9,10);1H2. The maximum absolute atomic E-state index is 13.4. The highest BCUT2D eigenvalue weighted by Crippen LogP contribution is 2.13. The average molecular weight is 416 g/mol. The van der Waals surface area contributed by atoms with Crippen molar-refractivity contribution in [2.24, 2.45) is 5.73 Å². The molecule has 0 spiro atoms. The summed E-state index contributed by atoms with van der Waals surface area (Å²) in [7, 11) is 1.62. The zero-order chi connectivity index (χ0) is 22.4. The van der Waals surface area contributed by atoms with E-state index in [2.05, 4.69) is 5.32 Å². The number of amides is 2. The van der Waals surface area contributed by atoms with E-state index in [0.29, 0.717) is 24.0 Å². The second-order valence-electron chi connectivity index (χ2n) is 6.79. The Morgan fingerprint density at radius 3 is 2.20 bits per heavy atom. The van der Waals surface area contributed by atoms with Gasteiger partial charge in [0.05, 0.1) is 0 Å². The Bertz CT molecular complexity index is 780. The molecule has 1 saturated heterocycles. The summed E-state index contributed by atoms with van der Waals surface area (Å²) in [5.74, 6) is -0.196. The normalized spacial score (nSPS) is 13.2. The number of benzene rings is 2. The van der Waals surface area contributed by atoms with Gasteiger partial charge in [0.2, 0.25) is 5.91 Å². The summed E-state index contributed by atoms with van der Waals surface area (Å²) in [6.45, 7) is 3.68. The number of nitrogens with zero attached hydrogens (tertiary/aromatic N) is 1. The number of nitrogens with two attached hydrogens (primary N) is 1. The number of hydrogen-bond acceptors (Lipinski definition) is 4. The first kappa shape index (κ1) is 25.0. The number of likely N-dealkylation sites (tertiary alicyclic amines) is 1. The minimum Gasteiger partial charge on any atom is -0.355 e. The largest absolute Gasteiger partial charge is 0.355 e. The van der Waals surface area contributed by atoms with Gasteiger partial charge in [-0.05, 0) is 43.0 Å². The van der Waals surface area contributed by atoms with Gasteiger partial charge in [0.1, 0.15) is 12.6 Å². The lowest BCUT2D eigenvalue weighted by Gasteiger charge is -2.18. The third-order valence-corrected chi connectivity index (χ3v) is 4.60. The van der Waals surface area contributed by atoms with Crippen LogP contribution in [0.15, 0.2) is 54.6 Å². The third kappa shape index (κ3) is 8.53. The molecule has 3 N–H and O–H groups in total. The van der Waals surface area contributed by atoms with Crippen LogP contribution < -0.4 is 11.1 Å². The molecule has 30 heavy (non-hydrogen) atoms. The van der Waals surface area contributed by atoms with Gasteiger partial charge >= 0.3 is 0 Å². The molecular formula is C23H30FN3O3. The van der Waals surface area contributed by atoms with E-state index in [1.807, 2.05) is 29.9 Å². The van der Waals surface area contributed by atoms with Gasteiger partial charge in [-0.2, -0.15) is 0 Å². The SMILES string of the molecule is C=O.CNC(=O)c1ccccc1.NC(CC(=O)N1CCCC1)Cc1ccccc1F. The van der Waals surface area contributed by atoms with Crippen LogP contribution in [-0.2, 0) is 16.0 Å². The Labute approximate surface area is 177 Å². The van der Waals surface area contributed by atoms with Gasteiger partial charge in [-0.15, -0.1) is 0 Å². The summed E-state index contributed by atoms with van der Waals surface area (Å²) >= 11 is 0. The lowest BCUT2D eigenvalue weighted by atomic mass is 10.0. The van der Waals surface area contributed by atoms with Crippen LogP contribution in [-0.4, -0.2) is 49.7 Å². The van der Waals surface area contributed by atoms with Crippen molar-refractivity contribution in [3.8, 4) is 0 Å². The van der Waals surface area contributed by atoms with Gasteiger partial charge in [-0.3, -0.25) is 9.59 Å². The topological polar surface area (TPSA) is 92.5 Å². The van der Waals surface area contributed by atoms with Crippen LogP contribution in [0.4, 0.5) is 4.39 Å². The Morgan fingerprint density at radius 1 is 1.07 bits per heavy atom. The van der Waals surface area contributed by atoms with Crippen molar-refractivity contribution in [1.29, 1.82) is 0 Å². The number of halogens is 1. The summed E-state index contributed by atoms with van der Waals surface area (Å²) in [6.07, 6.45) is 2.86. The molecule has 0 bridgehead atoms. The summed E-state index contributed by atoms with van der Waals surface area (Å²) in [5, 5.41) is 2.54. The van der Waals surface area contributed by atoms with Gasteiger partial charge in [-0.1, -0.05) is 36.4 Å². The van der Waals surface area contributed by atoms with Crippen LogP contribution in [0.3, 0.4) is 0 Å². The lowest BCUT2D eigenvalue weighted by Crippen LogP contribution is -2.35. The monoisotopic (exact) mass is 415 g/mol. The summed E-state index contributed by atoms with van der Waals surface area (Å²) in [6, 6.07) is 15.4. The Balaban J connectivity index is 0.000000318. The predicted octanol–water partition coefficient (Wildman–Crippen LogP) is 2.57. The Hall–Kier alpha value is -3.06. The number of nitrogens with one attached hydrogen (secondary N) is 1. The second kappa shape index (κ2) is 14.0. The maximum Gasteiger partial charge on any atom is 0.251 e. The molecular weight excluding hydrogens is 385 g/mol. The Kier molecular flexibility index (Phi) is 11.7. The van der Waals surface area contributed by atoms with Crippen molar-refractivity contribution in [3.63, 3.8) is 0 Å². The van der Waals surface area contributed by atoms with Crippen molar-refractivity contribution in [2.75, 3.05) is 20.1 Å². The molecule has 0 aliphatic carbocycles. The van der Waals surface area contributed by atoms with Crippen molar-refractivity contribution < 1.29 is 18.8 Å². The number of hydrogen-bond donors (Lipinski definition) is 2. The van der Waals surface area contributed by atoms with Crippen molar-refractivity contribution in [2.45, 2.75) is 31.7 Å². The fourth-order valence-corrected chi connectivity index (χ4v) is 3.07. The molecule has 1 fully saturated rings. The first-order valence-corrected chi connectivity index (χ1v) is 9.84. The van der Waals surface area contributed by atoms with E-state index < -0.39 is 0 Å².